The van der Waals surface area contributed by atoms with Gasteiger partial charge in [-0.1, -0.05) is 11.2 Å². The zero-order chi connectivity index (χ0) is 18.5. The smallest absolute Gasteiger partial charge is 0.273 e. The van der Waals surface area contributed by atoms with Gasteiger partial charge in [-0.05, 0) is 49.8 Å². The molecule has 0 saturated carbocycles. The van der Waals surface area contributed by atoms with Gasteiger partial charge in [0.1, 0.15) is 5.75 Å². The maximum absolute atomic E-state index is 12.4. The summed E-state index contributed by atoms with van der Waals surface area (Å²) in [6.45, 7) is 0.497. The van der Waals surface area contributed by atoms with Crippen LogP contribution in [-0.4, -0.2) is 43.7 Å². The molecule has 1 aromatic carbocycles. The van der Waals surface area contributed by atoms with Gasteiger partial charge in [0.05, 0.1) is 13.2 Å². The van der Waals surface area contributed by atoms with Crippen LogP contribution < -0.4 is 10.1 Å². The lowest BCUT2D eigenvalue weighted by Crippen LogP contribution is -2.34. The highest BCUT2D eigenvalue weighted by atomic mass is 32.1. The molecule has 0 aliphatic carbocycles. The van der Waals surface area contributed by atoms with Crippen LogP contribution in [0.3, 0.4) is 0 Å². The number of methoxy groups -OCH3 is 1. The monoisotopic (exact) mass is 371 g/mol. The number of aromatic nitrogens is 1. The molecule has 0 saturated heterocycles. The van der Waals surface area contributed by atoms with Crippen molar-refractivity contribution in [3.8, 4) is 17.1 Å². The predicted molar refractivity (Wildman–Crippen MR) is 102 cm³/mol. The molecule has 1 N–H and O–H groups in total. The van der Waals surface area contributed by atoms with Crippen molar-refractivity contribution in [2.45, 2.75) is 6.04 Å². The number of benzene rings is 1. The molecule has 7 heteroatoms. The average Bonchev–Trinajstić information content (AvgIpc) is 3.34. The van der Waals surface area contributed by atoms with Crippen LogP contribution in [-0.2, 0) is 0 Å². The number of hydrogen-bond acceptors (Lipinski definition) is 6. The van der Waals surface area contributed by atoms with Crippen LogP contribution in [0.1, 0.15) is 21.4 Å². The minimum absolute atomic E-state index is 0.118. The van der Waals surface area contributed by atoms with Crippen molar-refractivity contribution in [2.24, 2.45) is 0 Å². The summed E-state index contributed by atoms with van der Waals surface area (Å²) in [5.74, 6) is 1.05. The van der Waals surface area contributed by atoms with Crippen LogP contribution in [0.4, 0.5) is 0 Å². The molecule has 1 unspecified atom stereocenters. The normalized spacial score (nSPS) is 12.2. The van der Waals surface area contributed by atoms with E-state index in [2.05, 4.69) is 21.4 Å². The number of carbonyl (C=O) groups is 1. The van der Waals surface area contributed by atoms with Crippen LogP contribution in [0.5, 0.6) is 5.75 Å². The second-order valence-electron chi connectivity index (χ2n) is 6.01. The standard InChI is InChI=1S/C19H21N3O3S/c1-22(2)16(18-5-4-10-26-18)12-20-19(23)15-11-17(25-21-15)13-6-8-14(24-3)9-7-13/h4-11,16H,12H2,1-3H3,(H,20,23). The zero-order valence-electron chi connectivity index (χ0n) is 14.9. The molecule has 3 rings (SSSR count). The molecule has 6 nitrogen and oxygen atoms in total. The molecule has 3 aromatic rings. The number of nitrogens with one attached hydrogen (secondary N) is 1. The van der Waals surface area contributed by atoms with Gasteiger partial charge in [0, 0.05) is 23.1 Å². The molecule has 0 spiro atoms. The molecule has 0 aliphatic rings. The Morgan fingerprint density at radius 1 is 1.31 bits per heavy atom. The van der Waals surface area contributed by atoms with Crippen LogP contribution in [0.2, 0.25) is 0 Å². The summed E-state index contributed by atoms with van der Waals surface area (Å²) in [5.41, 5.74) is 1.10. The summed E-state index contributed by atoms with van der Waals surface area (Å²) >= 11 is 1.67. The molecule has 0 fully saturated rings. The van der Waals surface area contributed by atoms with Crippen molar-refractivity contribution in [1.29, 1.82) is 0 Å². The molecule has 0 radical (unpaired) electrons. The molecule has 2 aromatic heterocycles. The minimum Gasteiger partial charge on any atom is -0.497 e. The van der Waals surface area contributed by atoms with E-state index in [0.29, 0.717) is 12.3 Å². The number of hydrogen-bond donors (Lipinski definition) is 1. The average molecular weight is 371 g/mol. The predicted octanol–water partition coefficient (Wildman–Crippen LogP) is 3.44. The highest BCUT2D eigenvalue weighted by Gasteiger charge is 2.19. The van der Waals surface area contributed by atoms with E-state index in [1.807, 2.05) is 49.8 Å². The van der Waals surface area contributed by atoms with Crippen LogP contribution >= 0.6 is 11.3 Å². The fourth-order valence-electron chi connectivity index (χ4n) is 2.57. The Labute approximate surface area is 156 Å². The summed E-state index contributed by atoms with van der Waals surface area (Å²) in [5, 5.41) is 8.86. The lowest BCUT2D eigenvalue weighted by atomic mass is 10.1. The number of rotatable bonds is 7. The molecule has 0 aliphatic heterocycles. The lowest BCUT2D eigenvalue weighted by Gasteiger charge is -2.23. The fraction of sp³-hybridized carbons (Fsp3) is 0.263. The van der Waals surface area contributed by atoms with Crippen LogP contribution in [0.25, 0.3) is 11.3 Å². The van der Waals surface area contributed by atoms with Crippen molar-refractivity contribution in [3.05, 3.63) is 58.4 Å². The zero-order valence-corrected chi connectivity index (χ0v) is 15.7. The van der Waals surface area contributed by atoms with Gasteiger partial charge in [0.25, 0.3) is 5.91 Å². The first-order valence-electron chi connectivity index (χ1n) is 8.17. The van der Waals surface area contributed by atoms with E-state index in [1.54, 1.807) is 24.5 Å². The van der Waals surface area contributed by atoms with Gasteiger partial charge in [0.15, 0.2) is 11.5 Å². The van der Waals surface area contributed by atoms with E-state index >= 15 is 0 Å². The molecule has 1 amide bonds. The largest absolute Gasteiger partial charge is 0.497 e. The van der Waals surface area contributed by atoms with Crippen LogP contribution in [0.15, 0.2) is 52.4 Å². The Balaban J connectivity index is 1.66. The lowest BCUT2D eigenvalue weighted by molar-refractivity contribution is 0.0933. The molecule has 0 bridgehead atoms. The maximum atomic E-state index is 12.4. The van der Waals surface area contributed by atoms with Gasteiger partial charge >= 0.3 is 0 Å². The molecular formula is C19H21N3O3S. The molecule has 26 heavy (non-hydrogen) atoms. The van der Waals surface area contributed by atoms with Gasteiger partial charge < -0.3 is 19.5 Å². The SMILES string of the molecule is COc1ccc(-c2cc(C(=O)NCC(c3cccs3)N(C)C)no2)cc1. The van der Waals surface area contributed by atoms with Crippen molar-refractivity contribution in [3.63, 3.8) is 0 Å². The topological polar surface area (TPSA) is 67.6 Å². The summed E-state index contributed by atoms with van der Waals surface area (Å²) < 4.78 is 10.5. The van der Waals surface area contributed by atoms with Gasteiger partial charge in [-0.2, -0.15) is 0 Å². The van der Waals surface area contributed by atoms with E-state index in [9.17, 15) is 4.79 Å². The van der Waals surface area contributed by atoms with Crippen molar-refractivity contribution in [2.75, 3.05) is 27.7 Å². The van der Waals surface area contributed by atoms with Crippen molar-refractivity contribution >= 4 is 17.2 Å². The van der Waals surface area contributed by atoms with E-state index in [1.165, 1.54) is 4.88 Å². The van der Waals surface area contributed by atoms with Crippen LogP contribution in [0, 0.1) is 0 Å². The van der Waals surface area contributed by atoms with Gasteiger partial charge in [-0.3, -0.25) is 4.79 Å². The Kier molecular flexibility index (Phi) is 5.70. The third-order valence-corrected chi connectivity index (χ3v) is 5.04. The second-order valence-corrected chi connectivity index (χ2v) is 6.99. The van der Waals surface area contributed by atoms with E-state index < -0.39 is 0 Å². The summed E-state index contributed by atoms with van der Waals surface area (Å²) in [6, 6.07) is 13.2. The molecule has 1 atom stereocenters. The van der Waals surface area contributed by atoms with Gasteiger partial charge in [0.2, 0.25) is 0 Å². The van der Waals surface area contributed by atoms with E-state index in [0.717, 1.165) is 11.3 Å². The number of thiophene rings is 1. The van der Waals surface area contributed by atoms with Crippen molar-refractivity contribution in [1.82, 2.24) is 15.4 Å². The first kappa shape index (κ1) is 18.2. The maximum Gasteiger partial charge on any atom is 0.273 e. The Hall–Kier alpha value is -2.64. The molecule has 136 valence electrons. The van der Waals surface area contributed by atoms with Gasteiger partial charge in [-0.25, -0.2) is 0 Å². The first-order chi connectivity index (χ1) is 12.6. The number of amides is 1. The number of likely N-dealkylation sites (N-methyl/N-ethyl adjacent to an activating group) is 1. The van der Waals surface area contributed by atoms with Crippen molar-refractivity contribution < 1.29 is 14.1 Å². The van der Waals surface area contributed by atoms with Gasteiger partial charge in [-0.15, -0.1) is 11.3 Å². The third kappa shape index (κ3) is 4.12. The van der Waals surface area contributed by atoms with E-state index in [-0.39, 0.29) is 17.6 Å². The molecule has 2 heterocycles. The Morgan fingerprint density at radius 2 is 2.08 bits per heavy atom. The van der Waals surface area contributed by atoms with E-state index in [4.69, 9.17) is 9.26 Å². The number of carbonyl (C=O) groups excluding carboxylic acids is 1. The second kappa shape index (κ2) is 8.16. The molecular weight excluding hydrogens is 350 g/mol. The third-order valence-electron chi connectivity index (χ3n) is 4.07. The summed E-state index contributed by atoms with van der Waals surface area (Å²) in [4.78, 5) is 15.7. The fourth-order valence-corrected chi connectivity index (χ4v) is 3.49. The number of ether oxygens (including phenoxy) is 1. The minimum atomic E-state index is -0.253. The summed E-state index contributed by atoms with van der Waals surface area (Å²) in [7, 11) is 5.60. The number of nitrogens with zero attached hydrogens (tertiary/aromatic N) is 2. The Morgan fingerprint density at radius 3 is 2.69 bits per heavy atom. The highest BCUT2D eigenvalue weighted by Crippen LogP contribution is 2.24. The summed E-state index contributed by atoms with van der Waals surface area (Å²) in [6.07, 6.45) is 0. The first-order valence-corrected chi connectivity index (χ1v) is 9.05. The Bertz CT molecular complexity index is 841. The quantitative estimate of drug-likeness (QED) is 0.689. The highest BCUT2D eigenvalue weighted by molar-refractivity contribution is 7.10.